The van der Waals surface area contributed by atoms with E-state index in [0.717, 1.165) is 6.61 Å². The molecule has 0 aliphatic carbocycles. The minimum atomic E-state index is -0.552. The summed E-state index contributed by atoms with van der Waals surface area (Å²) < 4.78 is 27.9. The van der Waals surface area contributed by atoms with Gasteiger partial charge in [-0.25, -0.2) is 0 Å². The Morgan fingerprint density at radius 2 is 1.48 bits per heavy atom. The lowest BCUT2D eigenvalue weighted by molar-refractivity contribution is -0.115. The van der Waals surface area contributed by atoms with E-state index in [4.69, 9.17) is 33.9 Å². The SMILES string of the molecule is C[C@@H](O)COCC(COCCCO)(COCCCO)COCC1CO1. The van der Waals surface area contributed by atoms with E-state index in [1.165, 1.54) is 0 Å². The zero-order chi connectivity index (χ0) is 18.4. The summed E-state index contributed by atoms with van der Waals surface area (Å²) in [5, 5.41) is 27.2. The fraction of sp³-hybridized carbons (Fsp3) is 1.00. The molecule has 3 N–H and O–H groups in total. The molecule has 0 amide bonds. The van der Waals surface area contributed by atoms with E-state index in [2.05, 4.69) is 0 Å². The molecule has 1 unspecified atom stereocenters. The van der Waals surface area contributed by atoms with Gasteiger partial charge in [0.25, 0.3) is 0 Å². The highest BCUT2D eigenvalue weighted by atomic mass is 16.6. The maximum atomic E-state index is 9.41. The Morgan fingerprint density at radius 1 is 0.960 bits per heavy atom. The van der Waals surface area contributed by atoms with E-state index in [-0.39, 0.29) is 25.9 Å². The van der Waals surface area contributed by atoms with Crippen LogP contribution in [0.15, 0.2) is 0 Å². The predicted octanol–water partition coefficient (Wildman–Crippen LogP) is -0.416. The van der Waals surface area contributed by atoms with Crippen LogP contribution in [0.3, 0.4) is 0 Å². The van der Waals surface area contributed by atoms with Crippen molar-refractivity contribution in [3.8, 4) is 0 Å². The first-order valence-electron chi connectivity index (χ1n) is 8.94. The standard InChI is InChI=1S/C17H34O8/c1-15(20)8-23-13-17(11-21-6-2-4-18,12-22-7-3-5-19)14-24-9-16-10-25-16/h15-16,18-20H,2-14H2,1H3/t15-,16?/m1/s1. The van der Waals surface area contributed by atoms with Crippen molar-refractivity contribution in [3.05, 3.63) is 0 Å². The minimum absolute atomic E-state index is 0.0774. The fourth-order valence-corrected chi connectivity index (χ4v) is 2.18. The summed E-state index contributed by atoms with van der Waals surface area (Å²) in [7, 11) is 0. The maximum absolute atomic E-state index is 9.41. The normalized spacial score (nSPS) is 18.5. The van der Waals surface area contributed by atoms with Gasteiger partial charge in [0.05, 0.1) is 57.8 Å². The zero-order valence-electron chi connectivity index (χ0n) is 15.2. The lowest BCUT2D eigenvalue weighted by atomic mass is 9.92. The van der Waals surface area contributed by atoms with Crippen LogP contribution in [0.5, 0.6) is 0 Å². The third-order valence-electron chi connectivity index (χ3n) is 3.59. The van der Waals surface area contributed by atoms with Gasteiger partial charge in [0.1, 0.15) is 6.10 Å². The molecule has 0 saturated carbocycles. The number of hydrogen-bond donors (Lipinski definition) is 3. The van der Waals surface area contributed by atoms with Crippen LogP contribution in [0.1, 0.15) is 19.8 Å². The largest absolute Gasteiger partial charge is 0.396 e. The zero-order valence-corrected chi connectivity index (χ0v) is 15.2. The molecule has 1 aliphatic rings. The van der Waals surface area contributed by atoms with Crippen molar-refractivity contribution in [2.75, 3.05) is 72.7 Å². The van der Waals surface area contributed by atoms with Gasteiger partial charge < -0.3 is 39.0 Å². The highest BCUT2D eigenvalue weighted by Crippen LogP contribution is 2.22. The van der Waals surface area contributed by atoms with Crippen molar-refractivity contribution in [1.29, 1.82) is 0 Å². The summed E-state index contributed by atoms with van der Waals surface area (Å²) in [5.41, 5.74) is -0.519. The van der Waals surface area contributed by atoms with E-state index in [9.17, 15) is 5.11 Å². The monoisotopic (exact) mass is 366 g/mol. The quantitative estimate of drug-likeness (QED) is 0.222. The van der Waals surface area contributed by atoms with Gasteiger partial charge in [-0.05, 0) is 19.8 Å². The Bertz CT molecular complexity index is 287. The molecule has 0 aromatic carbocycles. The van der Waals surface area contributed by atoms with Gasteiger partial charge in [-0.15, -0.1) is 0 Å². The number of hydrogen-bond acceptors (Lipinski definition) is 8. The lowest BCUT2D eigenvalue weighted by Crippen LogP contribution is -2.42. The van der Waals surface area contributed by atoms with Crippen LogP contribution < -0.4 is 0 Å². The average molecular weight is 366 g/mol. The van der Waals surface area contributed by atoms with Gasteiger partial charge in [-0.3, -0.25) is 0 Å². The second-order valence-corrected chi connectivity index (χ2v) is 6.59. The Hall–Kier alpha value is -0.320. The highest BCUT2D eigenvalue weighted by Gasteiger charge is 2.34. The van der Waals surface area contributed by atoms with Crippen LogP contribution in [0.2, 0.25) is 0 Å². The van der Waals surface area contributed by atoms with E-state index in [0.29, 0.717) is 59.1 Å². The lowest BCUT2D eigenvalue weighted by Gasteiger charge is -2.33. The molecule has 0 radical (unpaired) electrons. The fourth-order valence-electron chi connectivity index (χ4n) is 2.18. The van der Waals surface area contributed by atoms with Gasteiger partial charge >= 0.3 is 0 Å². The molecule has 8 nitrogen and oxygen atoms in total. The Morgan fingerprint density at radius 3 is 1.96 bits per heavy atom. The Labute approximate surface area is 150 Å². The Kier molecular flexibility index (Phi) is 12.6. The first-order chi connectivity index (χ1) is 12.1. The van der Waals surface area contributed by atoms with E-state index < -0.39 is 11.5 Å². The van der Waals surface area contributed by atoms with Gasteiger partial charge in [0, 0.05) is 26.4 Å². The number of epoxide rings is 1. The molecule has 150 valence electrons. The smallest absolute Gasteiger partial charge is 0.104 e. The summed E-state index contributed by atoms with van der Waals surface area (Å²) in [5.74, 6) is 0. The molecule has 1 aliphatic heterocycles. The van der Waals surface area contributed by atoms with E-state index in [1.54, 1.807) is 6.92 Å². The first kappa shape index (κ1) is 22.7. The predicted molar refractivity (Wildman–Crippen MR) is 90.5 cm³/mol. The molecule has 2 atom stereocenters. The number of rotatable bonds is 18. The summed E-state index contributed by atoms with van der Waals surface area (Å²) in [6.07, 6.45) is 0.741. The van der Waals surface area contributed by atoms with Crippen molar-refractivity contribution in [2.24, 2.45) is 5.41 Å². The van der Waals surface area contributed by atoms with Gasteiger partial charge in [-0.2, -0.15) is 0 Å². The number of ether oxygens (including phenoxy) is 5. The maximum Gasteiger partial charge on any atom is 0.104 e. The minimum Gasteiger partial charge on any atom is -0.396 e. The van der Waals surface area contributed by atoms with Crippen molar-refractivity contribution in [2.45, 2.75) is 32.0 Å². The summed E-state index contributed by atoms with van der Waals surface area (Å²) in [6, 6.07) is 0. The van der Waals surface area contributed by atoms with Crippen molar-refractivity contribution < 1.29 is 39.0 Å². The first-order valence-corrected chi connectivity index (χ1v) is 8.94. The summed E-state index contributed by atoms with van der Waals surface area (Å²) in [6.45, 7) is 5.59. The molecule has 0 bridgehead atoms. The second-order valence-electron chi connectivity index (χ2n) is 6.59. The third-order valence-corrected chi connectivity index (χ3v) is 3.59. The van der Waals surface area contributed by atoms with Crippen molar-refractivity contribution >= 4 is 0 Å². The third kappa shape index (κ3) is 11.8. The van der Waals surface area contributed by atoms with Gasteiger partial charge in [0.15, 0.2) is 0 Å². The molecule has 1 rings (SSSR count). The molecule has 0 spiro atoms. The second kappa shape index (κ2) is 13.8. The topological polar surface area (TPSA) is 110 Å². The van der Waals surface area contributed by atoms with Crippen LogP contribution in [0, 0.1) is 5.41 Å². The molecule has 8 heteroatoms. The average Bonchev–Trinajstić information content (AvgIpc) is 3.39. The molecule has 1 fully saturated rings. The van der Waals surface area contributed by atoms with Crippen LogP contribution in [-0.4, -0.2) is 100 Å². The molecular weight excluding hydrogens is 332 g/mol. The molecular formula is C17H34O8. The Balaban J connectivity index is 2.54. The summed E-state index contributed by atoms with van der Waals surface area (Å²) in [4.78, 5) is 0. The highest BCUT2D eigenvalue weighted by molar-refractivity contribution is 4.80. The van der Waals surface area contributed by atoms with E-state index in [1.807, 2.05) is 0 Å². The molecule has 0 aromatic rings. The van der Waals surface area contributed by atoms with Gasteiger partial charge in [-0.1, -0.05) is 0 Å². The van der Waals surface area contributed by atoms with Crippen LogP contribution >= 0.6 is 0 Å². The van der Waals surface area contributed by atoms with Crippen molar-refractivity contribution in [1.82, 2.24) is 0 Å². The van der Waals surface area contributed by atoms with Crippen molar-refractivity contribution in [3.63, 3.8) is 0 Å². The number of aliphatic hydroxyl groups is 3. The van der Waals surface area contributed by atoms with E-state index >= 15 is 0 Å². The van der Waals surface area contributed by atoms with Gasteiger partial charge in [0.2, 0.25) is 0 Å². The van der Waals surface area contributed by atoms with Crippen LogP contribution in [-0.2, 0) is 23.7 Å². The molecule has 1 heterocycles. The molecule has 0 aromatic heterocycles. The number of aliphatic hydroxyl groups excluding tert-OH is 3. The molecule has 25 heavy (non-hydrogen) atoms. The van der Waals surface area contributed by atoms with Crippen LogP contribution in [0.25, 0.3) is 0 Å². The molecule has 1 saturated heterocycles. The summed E-state index contributed by atoms with van der Waals surface area (Å²) >= 11 is 0. The van der Waals surface area contributed by atoms with Crippen LogP contribution in [0.4, 0.5) is 0 Å².